The zero-order valence-corrected chi connectivity index (χ0v) is 11.8. The van der Waals surface area contributed by atoms with Crippen molar-refractivity contribution in [3.05, 3.63) is 23.7 Å². The van der Waals surface area contributed by atoms with Crippen molar-refractivity contribution in [1.82, 2.24) is 20.1 Å². The molecule has 0 spiro atoms. The average Bonchev–Trinajstić information content (AvgIpc) is 3.09. The molecule has 3 aromatic rings. The first-order valence-corrected chi connectivity index (χ1v) is 7.23. The van der Waals surface area contributed by atoms with Gasteiger partial charge in [-0.1, -0.05) is 5.16 Å². The molecule has 0 saturated carbocycles. The number of thiophene rings is 1. The fourth-order valence-electron chi connectivity index (χ4n) is 1.82. The number of rotatable bonds is 6. The third-order valence-electron chi connectivity index (χ3n) is 2.70. The third-order valence-corrected chi connectivity index (χ3v) is 3.50. The van der Waals surface area contributed by atoms with Gasteiger partial charge in [0.2, 0.25) is 11.8 Å². The molecule has 3 aromatic heterocycles. The first-order chi connectivity index (χ1) is 9.86. The van der Waals surface area contributed by atoms with E-state index in [9.17, 15) is 0 Å². The van der Waals surface area contributed by atoms with Crippen LogP contribution in [0, 0.1) is 0 Å². The Bertz CT molecular complexity index is 680. The molecule has 104 valence electrons. The number of anilines is 2. The molecule has 0 aromatic carbocycles. The number of fused-ring (bicyclic) bond motifs is 1. The van der Waals surface area contributed by atoms with E-state index in [0.29, 0.717) is 24.8 Å². The van der Waals surface area contributed by atoms with E-state index in [1.807, 2.05) is 18.4 Å². The molecule has 3 rings (SSSR count). The summed E-state index contributed by atoms with van der Waals surface area (Å²) in [5, 5.41) is 13.1. The standard InChI is InChI=1S/C12H14N6OS/c1-2-13-12-17-10(8-4-6-20-11(8)18-12)14-5-3-9-15-7-16-19-9/h4,6-7H,2-3,5H2,1H3,(H2,13,14,17,18). The fraction of sp³-hybridized carbons (Fsp3) is 0.333. The van der Waals surface area contributed by atoms with E-state index >= 15 is 0 Å². The Labute approximate surface area is 119 Å². The summed E-state index contributed by atoms with van der Waals surface area (Å²) in [7, 11) is 0. The van der Waals surface area contributed by atoms with Gasteiger partial charge in [-0.05, 0) is 18.4 Å². The predicted molar refractivity (Wildman–Crippen MR) is 78.1 cm³/mol. The molecule has 0 aliphatic rings. The summed E-state index contributed by atoms with van der Waals surface area (Å²) < 4.78 is 4.96. The maximum atomic E-state index is 4.96. The minimum Gasteiger partial charge on any atom is -0.369 e. The number of hydrogen-bond donors (Lipinski definition) is 2. The van der Waals surface area contributed by atoms with Gasteiger partial charge in [0, 0.05) is 19.5 Å². The normalized spacial score (nSPS) is 10.8. The van der Waals surface area contributed by atoms with Crippen molar-refractivity contribution >= 4 is 33.3 Å². The molecule has 8 heteroatoms. The Morgan fingerprint density at radius 1 is 1.30 bits per heavy atom. The molecule has 0 aliphatic carbocycles. The lowest BCUT2D eigenvalue weighted by atomic mass is 10.3. The zero-order valence-electron chi connectivity index (χ0n) is 11.0. The Morgan fingerprint density at radius 3 is 3.05 bits per heavy atom. The fourth-order valence-corrected chi connectivity index (χ4v) is 2.59. The number of hydrogen-bond acceptors (Lipinski definition) is 8. The highest BCUT2D eigenvalue weighted by Gasteiger charge is 2.08. The molecule has 0 bridgehead atoms. The van der Waals surface area contributed by atoms with Gasteiger partial charge in [-0.2, -0.15) is 9.97 Å². The van der Waals surface area contributed by atoms with Gasteiger partial charge >= 0.3 is 0 Å². The quantitative estimate of drug-likeness (QED) is 0.719. The van der Waals surface area contributed by atoms with Crippen LogP contribution >= 0.6 is 11.3 Å². The van der Waals surface area contributed by atoms with Crippen molar-refractivity contribution in [3.8, 4) is 0 Å². The molecule has 2 N–H and O–H groups in total. The van der Waals surface area contributed by atoms with Gasteiger partial charge < -0.3 is 15.2 Å². The van der Waals surface area contributed by atoms with Crippen molar-refractivity contribution in [1.29, 1.82) is 0 Å². The lowest BCUT2D eigenvalue weighted by Crippen LogP contribution is -2.09. The second kappa shape index (κ2) is 5.83. The topological polar surface area (TPSA) is 88.8 Å². The summed E-state index contributed by atoms with van der Waals surface area (Å²) in [6.07, 6.45) is 2.06. The lowest BCUT2D eigenvalue weighted by molar-refractivity contribution is 0.380. The van der Waals surface area contributed by atoms with Crippen LogP contribution in [0.1, 0.15) is 12.8 Å². The van der Waals surface area contributed by atoms with Crippen molar-refractivity contribution in [2.45, 2.75) is 13.3 Å². The molecular formula is C12H14N6OS. The van der Waals surface area contributed by atoms with Gasteiger partial charge in [0.05, 0.1) is 5.39 Å². The van der Waals surface area contributed by atoms with Crippen LogP contribution in [-0.2, 0) is 6.42 Å². The monoisotopic (exact) mass is 290 g/mol. The first kappa shape index (κ1) is 12.8. The number of aromatic nitrogens is 4. The Hall–Kier alpha value is -2.22. The van der Waals surface area contributed by atoms with Crippen molar-refractivity contribution in [3.63, 3.8) is 0 Å². The largest absolute Gasteiger partial charge is 0.369 e. The second-order valence-electron chi connectivity index (χ2n) is 4.08. The van der Waals surface area contributed by atoms with Crippen molar-refractivity contribution < 1.29 is 4.52 Å². The Kier molecular flexibility index (Phi) is 3.73. The predicted octanol–water partition coefficient (Wildman–Crippen LogP) is 2.16. The highest BCUT2D eigenvalue weighted by atomic mass is 32.1. The maximum Gasteiger partial charge on any atom is 0.228 e. The minimum atomic E-state index is 0.611. The molecule has 3 heterocycles. The molecule has 0 aliphatic heterocycles. The van der Waals surface area contributed by atoms with Crippen LogP contribution in [0.25, 0.3) is 10.2 Å². The first-order valence-electron chi connectivity index (χ1n) is 6.35. The Balaban J connectivity index is 1.76. The van der Waals surface area contributed by atoms with Crippen molar-refractivity contribution in [2.75, 3.05) is 23.7 Å². The Morgan fingerprint density at radius 2 is 2.25 bits per heavy atom. The molecule has 7 nitrogen and oxygen atoms in total. The molecule has 20 heavy (non-hydrogen) atoms. The van der Waals surface area contributed by atoms with E-state index in [-0.39, 0.29) is 0 Å². The van der Waals surface area contributed by atoms with E-state index in [1.165, 1.54) is 6.33 Å². The lowest BCUT2D eigenvalue weighted by Gasteiger charge is -2.08. The van der Waals surface area contributed by atoms with Crippen LogP contribution in [0.15, 0.2) is 22.3 Å². The summed E-state index contributed by atoms with van der Waals surface area (Å²) >= 11 is 1.60. The van der Waals surface area contributed by atoms with Gasteiger partial charge in [0.25, 0.3) is 0 Å². The van der Waals surface area contributed by atoms with Crippen LogP contribution < -0.4 is 10.6 Å². The van der Waals surface area contributed by atoms with Gasteiger partial charge in [-0.15, -0.1) is 11.3 Å². The third kappa shape index (κ3) is 2.69. The molecule has 0 fully saturated rings. The maximum absolute atomic E-state index is 4.96. The van der Waals surface area contributed by atoms with Crippen molar-refractivity contribution in [2.24, 2.45) is 0 Å². The van der Waals surface area contributed by atoms with E-state index in [1.54, 1.807) is 11.3 Å². The molecule has 0 amide bonds. The summed E-state index contributed by atoms with van der Waals surface area (Å²) in [6.45, 7) is 3.48. The van der Waals surface area contributed by atoms with E-state index in [0.717, 1.165) is 22.6 Å². The minimum absolute atomic E-state index is 0.611. The van der Waals surface area contributed by atoms with Gasteiger partial charge in [0.15, 0.2) is 6.33 Å². The molecule has 0 radical (unpaired) electrons. The van der Waals surface area contributed by atoms with E-state index in [2.05, 4.69) is 30.7 Å². The van der Waals surface area contributed by atoms with E-state index < -0.39 is 0 Å². The van der Waals surface area contributed by atoms with Crippen LogP contribution in [0.3, 0.4) is 0 Å². The number of nitrogens with zero attached hydrogens (tertiary/aromatic N) is 4. The smallest absolute Gasteiger partial charge is 0.228 e. The zero-order chi connectivity index (χ0) is 13.8. The van der Waals surface area contributed by atoms with Crippen LogP contribution in [0.4, 0.5) is 11.8 Å². The summed E-state index contributed by atoms with van der Waals surface area (Å²) in [5.74, 6) is 2.08. The molecule has 0 saturated heterocycles. The van der Waals surface area contributed by atoms with Crippen LogP contribution in [-0.4, -0.2) is 33.2 Å². The summed E-state index contributed by atoms with van der Waals surface area (Å²) in [5.41, 5.74) is 0. The van der Waals surface area contributed by atoms with Crippen LogP contribution in [0.2, 0.25) is 0 Å². The molecule has 0 atom stereocenters. The SMILES string of the molecule is CCNc1nc(NCCc2ncno2)c2ccsc2n1. The highest BCUT2D eigenvalue weighted by molar-refractivity contribution is 7.16. The summed E-state index contributed by atoms with van der Waals surface area (Å²) in [6, 6.07) is 2.02. The van der Waals surface area contributed by atoms with Gasteiger partial charge in [-0.25, -0.2) is 4.98 Å². The average molecular weight is 290 g/mol. The number of nitrogens with one attached hydrogen (secondary N) is 2. The van der Waals surface area contributed by atoms with Crippen LogP contribution in [0.5, 0.6) is 0 Å². The van der Waals surface area contributed by atoms with E-state index in [4.69, 9.17) is 4.52 Å². The molecule has 0 unspecified atom stereocenters. The highest BCUT2D eigenvalue weighted by Crippen LogP contribution is 2.26. The van der Waals surface area contributed by atoms with Gasteiger partial charge in [0.1, 0.15) is 10.6 Å². The second-order valence-corrected chi connectivity index (χ2v) is 4.97. The molecular weight excluding hydrogens is 276 g/mol. The summed E-state index contributed by atoms with van der Waals surface area (Å²) in [4.78, 5) is 13.9. The van der Waals surface area contributed by atoms with Gasteiger partial charge in [-0.3, -0.25) is 0 Å².